The Bertz CT molecular complexity index is 492. The van der Waals surface area contributed by atoms with Crippen LogP contribution in [0.2, 0.25) is 10.0 Å². The molecule has 1 atom stereocenters. The second-order valence-corrected chi connectivity index (χ2v) is 5.97. The monoisotopic (exact) mass is 302 g/mol. The highest BCUT2D eigenvalue weighted by atomic mass is 35.5. The normalized spacial score (nSPS) is 23.6. The number of carbonyl (C=O) groups excluding carboxylic acids is 1. The second-order valence-electron chi connectivity index (χ2n) is 5.13. The second kappa shape index (κ2) is 5.67. The highest BCUT2D eigenvalue weighted by Crippen LogP contribution is 2.25. The third kappa shape index (κ3) is 4.08. The van der Waals surface area contributed by atoms with Crippen LogP contribution in [-0.4, -0.2) is 41.1 Å². The summed E-state index contributed by atoms with van der Waals surface area (Å²) in [4.78, 5) is 13.8. The van der Waals surface area contributed by atoms with Gasteiger partial charge in [0.15, 0.2) is 0 Å². The van der Waals surface area contributed by atoms with E-state index in [-0.39, 0.29) is 12.5 Å². The van der Waals surface area contributed by atoms with Gasteiger partial charge in [-0.15, -0.1) is 0 Å². The van der Waals surface area contributed by atoms with Gasteiger partial charge in [-0.05, 0) is 31.5 Å². The maximum atomic E-state index is 11.9. The van der Waals surface area contributed by atoms with Crippen LogP contribution < -0.4 is 5.32 Å². The van der Waals surface area contributed by atoms with E-state index >= 15 is 0 Å². The molecular formula is C13H16Cl2N2O2. The fourth-order valence-electron chi connectivity index (χ4n) is 2.16. The minimum absolute atomic E-state index is 0.165. The molecule has 6 heteroatoms. The van der Waals surface area contributed by atoms with Crippen molar-refractivity contribution in [3.05, 3.63) is 28.2 Å². The standard InChI is InChI=1S/C13H16Cl2N2O2/c1-13(19)4-5-17(8-13)7-12(18)16-11-6-9(14)2-3-10(11)15/h2-3,6,19H,4-5,7-8H2,1H3,(H,16,18). The molecule has 19 heavy (non-hydrogen) atoms. The third-order valence-corrected chi connectivity index (χ3v) is 3.67. The number of halogens is 2. The van der Waals surface area contributed by atoms with E-state index < -0.39 is 5.60 Å². The van der Waals surface area contributed by atoms with Gasteiger partial charge in [-0.2, -0.15) is 0 Å². The molecule has 1 amide bonds. The Labute approximate surface area is 122 Å². The van der Waals surface area contributed by atoms with Crippen LogP contribution in [0.15, 0.2) is 18.2 Å². The molecule has 104 valence electrons. The molecule has 1 aromatic rings. The largest absolute Gasteiger partial charge is 0.389 e. The van der Waals surface area contributed by atoms with Crippen molar-refractivity contribution in [1.29, 1.82) is 0 Å². The average molecular weight is 303 g/mol. The van der Waals surface area contributed by atoms with E-state index in [0.717, 1.165) is 0 Å². The predicted octanol–water partition coefficient (Wildman–Crippen LogP) is 2.39. The number of nitrogens with zero attached hydrogens (tertiary/aromatic N) is 1. The van der Waals surface area contributed by atoms with Gasteiger partial charge in [0.1, 0.15) is 0 Å². The number of aliphatic hydroxyl groups is 1. The molecule has 2 rings (SSSR count). The fraction of sp³-hybridized carbons (Fsp3) is 0.462. The highest BCUT2D eigenvalue weighted by molar-refractivity contribution is 6.35. The first-order valence-corrected chi connectivity index (χ1v) is 6.81. The minimum atomic E-state index is -0.700. The van der Waals surface area contributed by atoms with Crippen LogP contribution in [0.3, 0.4) is 0 Å². The quantitative estimate of drug-likeness (QED) is 0.901. The first kappa shape index (κ1) is 14.6. The lowest BCUT2D eigenvalue weighted by Gasteiger charge is -2.18. The molecule has 1 aromatic carbocycles. The van der Waals surface area contributed by atoms with Crippen molar-refractivity contribution >= 4 is 34.8 Å². The Morgan fingerprint density at radius 1 is 1.53 bits per heavy atom. The summed E-state index contributed by atoms with van der Waals surface area (Å²) in [6.45, 7) is 3.23. The van der Waals surface area contributed by atoms with Gasteiger partial charge in [-0.1, -0.05) is 23.2 Å². The van der Waals surface area contributed by atoms with Crippen LogP contribution in [0.5, 0.6) is 0 Å². The first-order valence-electron chi connectivity index (χ1n) is 6.05. The Morgan fingerprint density at radius 2 is 2.26 bits per heavy atom. The van der Waals surface area contributed by atoms with Gasteiger partial charge in [-0.25, -0.2) is 0 Å². The lowest BCUT2D eigenvalue weighted by Crippen LogP contribution is -2.35. The molecule has 0 aromatic heterocycles. The van der Waals surface area contributed by atoms with Gasteiger partial charge >= 0.3 is 0 Å². The number of amides is 1. The van der Waals surface area contributed by atoms with Crippen molar-refractivity contribution < 1.29 is 9.90 Å². The number of benzene rings is 1. The summed E-state index contributed by atoms with van der Waals surface area (Å²) in [6.07, 6.45) is 0.679. The number of hydrogen-bond donors (Lipinski definition) is 2. The van der Waals surface area contributed by atoms with Gasteiger partial charge in [0, 0.05) is 18.1 Å². The molecule has 1 saturated heterocycles. The van der Waals surface area contributed by atoms with Crippen LogP contribution in [0.1, 0.15) is 13.3 Å². The fourth-order valence-corrected chi connectivity index (χ4v) is 2.50. The number of rotatable bonds is 3. The zero-order valence-electron chi connectivity index (χ0n) is 10.6. The summed E-state index contributed by atoms with van der Waals surface area (Å²) in [5.41, 5.74) is -0.196. The number of β-amino-alcohol motifs (C(OH)–C–C–N with tert-alkyl or cyclic N) is 1. The smallest absolute Gasteiger partial charge is 0.238 e. The lowest BCUT2D eigenvalue weighted by atomic mass is 10.1. The molecule has 0 radical (unpaired) electrons. The predicted molar refractivity (Wildman–Crippen MR) is 76.8 cm³/mol. The molecule has 1 aliphatic heterocycles. The number of nitrogens with one attached hydrogen (secondary N) is 1. The van der Waals surface area contributed by atoms with Gasteiger partial charge in [0.25, 0.3) is 0 Å². The summed E-state index contributed by atoms with van der Waals surface area (Å²) in [6, 6.07) is 4.92. The average Bonchev–Trinajstić information content (AvgIpc) is 2.63. The molecule has 0 spiro atoms. The summed E-state index contributed by atoms with van der Waals surface area (Å²) >= 11 is 11.8. The van der Waals surface area contributed by atoms with Crippen molar-refractivity contribution in [1.82, 2.24) is 4.90 Å². The molecule has 0 saturated carbocycles. The summed E-state index contributed by atoms with van der Waals surface area (Å²) in [5.74, 6) is -0.165. The molecular weight excluding hydrogens is 287 g/mol. The summed E-state index contributed by atoms with van der Waals surface area (Å²) in [5, 5.41) is 13.5. The maximum absolute atomic E-state index is 11.9. The molecule has 2 N–H and O–H groups in total. The van der Waals surface area contributed by atoms with E-state index in [1.165, 1.54) is 0 Å². The highest BCUT2D eigenvalue weighted by Gasteiger charge is 2.32. The molecule has 1 fully saturated rings. The van der Waals surface area contributed by atoms with Crippen LogP contribution in [0.4, 0.5) is 5.69 Å². The lowest BCUT2D eigenvalue weighted by molar-refractivity contribution is -0.117. The topological polar surface area (TPSA) is 52.6 Å². The van der Waals surface area contributed by atoms with Crippen molar-refractivity contribution in [2.24, 2.45) is 0 Å². The van der Waals surface area contributed by atoms with Crippen LogP contribution >= 0.6 is 23.2 Å². The van der Waals surface area contributed by atoms with E-state index in [4.69, 9.17) is 23.2 Å². The Balaban J connectivity index is 1.93. The molecule has 4 nitrogen and oxygen atoms in total. The SMILES string of the molecule is CC1(O)CCN(CC(=O)Nc2cc(Cl)ccc2Cl)C1. The van der Waals surface area contributed by atoms with Crippen molar-refractivity contribution in [3.63, 3.8) is 0 Å². The van der Waals surface area contributed by atoms with Gasteiger partial charge in [0.2, 0.25) is 5.91 Å². The van der Waals surface area contributed by atoms with E-state index in [1.54, 1.807) is 25.1 Å². The van der Waals surface area contributed by atoms with Crippen molar-refractivity contribution in [2.45, 2.75) is 18.9 Å². The molecule has 0 bridgehead atoms. The van der Waals surface area contributed by atoms with E-state index in [1.807, 2.05) is 4.90 Å². The van der Waals surface area contributed by atoms with Crippen molar-refractivity contribution in [2.75, 3.05) is 25.0 Å². The third-order valence-electron chi connectivity index (χ3n) is 3.10. The molecule has 1 heterocycles. The summed E-state index contributed by atoms with van der Waals surface area (Å²) < 4.78 is 0. The zero-order valence-corrected chi connectivity index (χ0v) is 12.1. The van der Waals surface area contributed by atoms with Gasteiger partial charge in [0.05, 0.1) is 22.9 Å². The molecule has 1 unspecified atom stereocenters. The minimum Gasteiger partial charge on any atom is -0.389 e. The maximum Gasteiger partial charge on any atom is 0.238 e. The van der Waals surface area contributed by atoms with E-state index in [2.05, 4.69) is 5.32 Å². The molecule has 1 aliphatic rings. The Morgan fingerprint density at radius 3 is 2.89 bits per heavy atom. The number of likely N-dealkylation sites (tertiary alicyclic amines) is 1. The van der Waals surface area contributed by atoms with Crippen LogP contribution in [0, 0.1) is 0 Å². The zero-order chi connectivity index (χ0) is 14.0. The Kier molecular flexibility index (Phi) is 4.36. The van der Waals surface area contributed by atoms with Gasteiger partial charge < -0.3 is 10.4 Å². The molecule has 0 aliphatic carbocycles. The number of hydrogen-bond acceptors (Lipinski definition) is 3. The first-order chi connectivity index (χ1) is 8.85. The Hall–Kier alpha value is -0.810. The van der Waals surface area contributed by atoms with E-state index in [9.17, 15) is 9.90 Å². The van der Waals surface area contributed by atoms with E-state index in [0.29, 0.717) is 35.2 Å². The van der Waals surface area contributed by atoms with Crippen molar-refractivity contribution in [3.8, 4) is 0 Å². The van der Waals surface area contributed by atoms with Crippen LogP contribution in [0.25, 0.3) is 0 Å². The number of carbonyl (C=O) groups is 1. The number of anilines is 1. The summed E-state index contributed by atoms with van der Waals surface area (Å²) in [7, 11) is 0. The van der Waals surface area contributed by atoms with Gasteiger partial charge in [-0.3, -0.25) is 9.69 Å². The van der Waals surface area contributed by atoms with Crippen LogP contribution in [-0.2, 0) is 4.79 Å².